The summed E-state index contributed by atoms with van der Waals surface area (Å²) in [5, 5.41) is 0.955. The Morgan fingerprint density at radius 2 is 2.12 bits per heavy atom. The van der Waals surface area contributed by atoms with Crippen molar-refractivity contribution in [2.75, 3.05) is 25.4 Å². The zero-order valence-corrected chi connectivity index (χ0v) is 15.2. The van der Waals surface area contributed by atoms with Crippen molar-refractivity contribution in [3.05, 3.63) is 36.5 Å². The Balaban J connectivity index is 1.48. The van der Waals surface area contributed by atoms with Gasteiger partial charge in [0.15, 0.2) is 5.16 Å². The van der Waals surface area contributed by atoms with Gasteiger partial charge < -0.3 is 14.2 Å². The number of hydrogen-bond acceptors (Lipinski definition) is 4. The molecular formula is C19H23N3O2S. The second-order valence-corrected chi connectivity index (χ2v) is 7.65. The maximum absolute atomic E-state index is 12.5. The number of aromatic nitrogens is 2. The smallest absolute Gasteiger partial charge is 0.233 e. The molecule has 132 valence electrons. The lowest BCUT2D eigenvalue weighted by molar-refractivity contribution is -0.135. The number of morpholine rings is 1. The van der Waals surface area contributed by atoms with Gasteiger partial charge in [-0.1, -0.05) is 42.1 Å². The number of nitrogens with zero attached hydrogens (tertiary/aromatic N) is 3. The molecule has 1 saturated heterocycles. The minimum atomic E-state index is 0.126. The molecule has 0 spiro atoms. The molecule has 1 amide bonds. The second-order valence-electron chi connectivity index (χ2n) is 6.70. The lowest BCUT2D eigenvalue weighted by Crippen LogP contribution is -2.45. The average Bonchev–Trinajstić information content (AvgIpc) is 3.39. The first-order valence-electron chi connectivity index (χ1n) is 8.87. The van der Waals surface area contributed by atoms with Gasteiger partial charge in [0.2, 0.25) is 5.91 Å². The van der Waals surface area contributed by atoms with Crippen molar-refractivity contribution >= 4 is 17.7 Å². The molecule has 5 nitrogen and oxygen atoms in total. The molecule has 2 fully saturated rings. The van der Waals surface area contributed by atoms with Crippen LogP contribution < -0.4 is 0 Å². The molecule has 1 saturated carbocycles. The van der Waals surface area contributed by atoms with Crippen LogP contribution in [0.2, 0.25) is 0 Å². The van der Waals surface area contributed by atoms with Gasteiger partial charge in [0.25, 0.3) is 0 Å². The molecule has 25 heavy (non-hydrogen) atoms. The number of hydrogen-bond donors (Lipinski definition) is 0. The van der Waals surface area contributed by atoms with E-state index >= 15 is 0 Å². The number of rotatable bonds is 5. The first-order chi connectivity index (χ1) is 12.2. The molecule has 1 aliphatic carbocycles. The third kappa shape index (κ3) is 3.75. The van der Waals surface area contributed by atoms with Crippen LogP contribution in [-0.4, -0.2) is 51.9 Å². The molecule has 6 heteroatoms. The third-order valence-electron chi connectivity index (χ3n) is 4.66. The highest BCUT2D eigenvalue weighted by molar-refractivity contribution is 7.99. The maximum Gasteiger partial charge on any atom is 0.233 e. The summed E-state index contributed by atoms with van der Waals surface area (Å²) in [7, 11) is 0. The van der Waals surface area contributed by atoms with Crippen LogP contribution in [0.25, 0.3) is 11.3 Å². The molecule has 4 rings (SSSR count). The van der Waals surface area contributed by atoms with E-state index in [1.165, 1.54) is 18.4 Å². The Labute approximate surface area is 152 Å². The maximum atomic E-state index is 12.5. The van der Waals surface area contributed by atoms with E-state index in [0.29, 0.717) is 31.5 Å². The number of carbonyl (C=O) groups is 1. The van der Waals surface area contributed by atoms with Crippen LogP contribution in [0.5, 0.6) is 0 Å². The summed E-state index contributed by atoms with van der Waals surface area (Å²) in [5.74, 6) is 0.608. The van der Waals surface area contributed by atoms with Crippen molar-refractivity contribution in [2.45, 2.75) is 37.1 Å². The van der Waals surface area contributed by atoms with E-state index in [2.05, 4.69) is 33.8 Å². The summed E-state index contributed by atoms with van der Waals surface area (Å²) in [6.45, 7) is 4.02. The van der Waals surface area contributed by atoms with Crippen molar-refractivity contribution in [1.29, 1.82) is 0 Å². The summed E-state index contributed by atoms with van der Waals surface area (Å²) in [4.78, 5) is 19.0. The highest BCUT2D eigenvalue weighted by Crippen LogP contribution is 2.41. The molecular weight excluding hydrogens is 334 g/mol. The zero-order valence-electron chi connectivity index (χ0n) is 14.4. The fourth-order valence-corrected chi connectivity index (χ4v) is 4.17. The standard InChI is InChI=1S/C19H23N3O2S/c1-14-12-21(9-10-24-14)18(23)13-25-19-20-11-17(22(19)16-7-8-16)15-5-3-2-4-6-15/h2-6,11,14,16H,7-10,12-13H2,1H3/t14-/m0/s1. The minimum absolute atomic E-state index is 0.126. The van der Waals surface area contributed by atoms with E-state index in [4.69, 9.17) is 4.74 Å². The number of carbonyl (C=O) groups excluding carboxylic acids is 1. The first kappa shape index (κ1) is 16.7. The van der Waals surface area contributed by atoms with E-state index in [1.54, 1.807) is 11.8 Å². The largest absolute Gasteiger partial charge is 0.375 e. The van der Waals surface area contributed by atoms with Gasteiger partial charge in [0.1, 0.15) is 0 Å². The van der Waals surface area contributed by atoms with Crippen LogP contribution in [0.4, 0.5) is 0 Å². The average molecular weight is 357 g/mol. The molecule has 1 atom stereocenters. The van der Waals surface area contributed by atoms with Crippen molar-refractivity contribution in [3.63, 3.8) is 0 Å². The van der Waals surface area contributed by atoms with Gasteiger partial charge in [-0.2, -0.15) is 0 Å². The Morgan fingerprint density at radius 1 is 1.32 bits per heavy atom. The van der Waals surface area contributed by atoms with Crippen LogP contribution in [0.3, 0.4) is 0 Å². The van der Waals surface area contributed by atoms with Gasteiger partial charge in [-0.3, -0.25) is 4.79 Å². The summed E-state index contributed by atoms with van der Waals surface area (Å²) >= 11 is 1.55. The number of thioether (sulfide) groups is 1. The van der Waals surface area contributed by atoms with E-state index in [9.17, 15) is 4.79 Å². The molecule has 0 bridgehead atoms. The van der Waals surface area contributed by atoms with Crippen LogP contribution in [-0.2, 0) is 9.53 Å². The van der Waals surface area contributed by atoms with Crippen LogP contribution in [0.15, 0.2) is 41.7 Å². The fourth-order valence-electron chi connectivity index (χ4n) is 3.22. The minimum Gasteiger partial charge on any atom is -0.375 e. The van der Waals surface area contributed by atoms with Gasteiger partial charge in [-0.05, 0) is 25.3 Å². The third-order valence-corrected chi connectivity index (χ3v) is 5.61. The van der Waals surface area contributed by atoms with Crippen molar-refractivity contribution in [2.24, 2.45) is 0 Å². The summed E-state index contributed by atoms with van der Waals surface area (Å²) in [6, 6.07) is 10.9. The molecule has 1 aliphatic heterocycles. The van der Waals surface area contributed by atoms with Crippen molar-refractivity contribution < 1.29 is 9.53 Å². The van der Waals surface area contributed by atoms with E-state index in [1.807, 2.05) is 24.1 Å². The molecule has 0 unspecified atom stereocenters. The first-order valence-corrected chi connectivity index (χ1v) is 9.86. The summed E-state index contributed by atoms with van der Waals surface area (Å²) < 4.78 is 7.83. The van der Waals surface area contributed by atoms with Crippen molar-refractivity contribution in [3.8, 4) is 11.3 Å². The second kappa shape index (κ2) is 7.22. The molecule has 2 aromatic rings. The Hall–Kier alpha value is -1.79. The van der Waals surface area contributed by atoms with E-state index in [-0.39, 0.29) is 12.0 Å². The lowest BCUT2D eigenvalue weighted by Gasteiger charge is -2.31. The van der Waals surface area contributed by atoms with Crippen LogP contribution >= 0.6 is 11.8 Å². The Bertz CT molecular complexity index is 742. The number of ether oxygens (including phenoxy) is 1. The van der Waals surface area contributed by atoms with Gasteiger partial charge in [0, 0.05) is 19.1 Å². The molecule has 2 heterocycles. The van der Waals surface area contributed by atoms with Gasteiger partial charge in [-0.15, -0.1) is 0 Å². The normalized spacial score (nSPS) is 20.7. The number of amides is 1. The quantitative estimate of drug-likeness (QED) is 0.771. The Morgan fingerprint density at radius 3 is 2.84 bits per heavy atom. The van der Waals surface area contributed by atoms with E-state index < -0.39 is 0 Å². The predicted octanol–water partition coefficient (Wildman–Crippen LogP) is 3.22. The lowest BCUT2D eigenvalue weighted by atomic mass is 10.2. The molecule has 1 aromatic carbocycles. The van der Waals surface area contributed by atoms with Crippen molar-refractivity contribution in [1.82, 2.24) is 14.5 Å². The van der Waals surface area contributed by atoms with Crippen LogP contribution in [0, 0.1) is 0 Å². The number of imidazole rings is 1. The monoisotopic (exact) mass is 357 g/mol. The van der Waals surface area contributed by atoms with Crippen LogP contribution in [0.1, 0.15) is 25.8 Å². The zero-order chi connectivity index (χ0) is 17.2. The van der Waals surface area contributed by atoms with Gasteiger partial charge in [0.05, 0.1) is 30.4 Å². The molecule has 0 N–H and O–H groups in total. The molecule has 1 aromatic heterocycles. The highest BCUT2D eigenvalue weighted by atomic mass is 32.2. The highest BCUT2D eigenvalue weighted by Gasteiger charge is 2.29. The topological polar surface area (TPSA) is 47.4 Å². The molecule has 2 aliphatic rings. The summed E-state index contributed by atoms with van der Waals surface area (Å²) in [6.07, 6.45) is 4.45. The predicted molar refractivity (Wildman–Crippen MR) is 98.7 cm³/mol. The van der Waals surface area contributed by atoms with Gasteiger partial charge >= 0.3 is 0 Å². The summed E-state index contributed by atoms with van der Waals surface area (Å²) in [5.41, 5.74) is 2.33. The van der Waals surface area contributed by atoms with E-state index in [0.717, 1.165) is 10.9 Å². The van der Waals surface area contributed by atoms with Gasteiger partial charge in [-0.25, -0.2) is 4.98 Å². The fraction of sp³-hybridized carbons (Fsp3) is 0.474. The Kier molecular flexibility index (Phi) is 4.81. The molecule has 0 radical (unpaired) electrons. The SMILES string of the molecule is C[C@H]1CN(C(=O)CSc2ncc(-c3ccccc3)n2C2CC2)CCO1. The number of benzene rings is 1.